The van der Waals surface area contributed by atoms with Crippen molar-refractivity contribution in [3.63, 3.8) is 0 Å². The molecule has 0 spiro atoms. The van der Waals surface area contributed by atoms with Crippen LogP contribution < -0.4 is 0 Å². The summed E-state index contributed by atoms with van der Waals surface area (Å²) < 4.78 is 5.30. The van der Waals surface area contributed by atoms with E-state index in [1.165, 1.54) is 32.1 Å². The Hall–Kier alpha value is -0.830. The number of carbonyl (C=O) groups excluding carboxylic acids is 1. The van der Waals surface area contributed by atoms with Crippen molar-refractivity contribution in [2.45, 2.75) is 71.9 Å². The average Bonchev–Trinajstić information content (AvgIpc) is 2.37. The average molecular weight is 269 g/mol. The van der Waals surface area contributed by atoms with Crippen molar-refractivity contribution in [2.75, 3.05) is 14.1 Å². The molecule has 0 saturated heterocycles. The molecule has 0 N–H and O–H groups in total. The zero-order valence-electron chi connectivity index (χ0n) is 13.4. The molecule has 0 amide bonds. The number of ether oxygens (including phenoxy) is 1. The van der Waals surface area contributed by atoms with E-state index in [1.54, 1.807) is 0 Å². The summed E-state index contributed by atoms with van der Waals surface area (Å²) in [5.74, 6) is -0.202. The second-order valence-electron chi connectivity index (χ2n) is 5.41. The minimum Gasteiger partial charge on any atom is -0.443 e. The van der Waals surface area contributed by atoms with Crippen LogP contribution in [0.2, 0.25) is 0 Å². The van der Waals surface area contributed by atoms with E-state index in [0.717, 1.165) is 18.4 Å². The van der Waals surface area contributed by atoms with Crippen LogP contribution in [0.25, 0.3) is 0 Å². The van der Waals surface area contributed by atoms with E-state index in [9.17, 15) is 4.79 Å². The molecule has 3 nitrogen and oxygen atoms in total. The van der Waals surface area contributed by atoms with Gasteiger partial charge in [0.1, 0.15) is 0 Å². The van der Waals surface area contributed by atoms with E-state index in [1.807, 2.05) is 38.9 Å². The Morgan fingerprint density at radius 2 is 1.74 bits per heavy atom. The minimum atomic E-state index is -0.202. The first kappa shape index (κ1) is 18.2. The number of esters is 1. The van der Waals surface area contributed by atoms with E-state index < -0.39 is 0 Å². The maximum atomic E-state index is 11.7. The molecule has 0 aromatic carbocycles. The van der Waals surface area contributed by atoms with Crippen molar-refractivity contribution in [1.82, 2.24) is 4.90 Å². The lowest BCUT2D eigenvalue weighted by Gasteiger charge is -2.19. The lowest BCUT2D eigenvalue weighted by molar-refractivity contribution is -0.150. The number of hydrogen-bond donors (Lipinski definition) is 0. The molecule has 0 aromatic rings. The van der Waals surface area contributed by atoms with E-state index in [4.69, 9.17) is 4.74 Å². The van der Waals surface area contributed by atoms with Crippen LogP contribution >= 0.6 is 0 Å². The molecule has 112 valence electrons. The Balaban J connectivity index is 3.77. The van der Waals surface area contributed by atoms with E-state index in [0.29, 0.717) is 0 Å². The number of allylic oxidation sites excluding steroid dienone is 1. The molecule has 0 bridgehead atoms. The molecular weight excluding hydrogens is 238 g/mol. The van der Waals surface area contributed by atoms with Gasteiger partial charge in [-0.2, -0.15) is 0 Å². The summed E-state index contributed by atoms with van der Waals surface area (Å²) in [5, 5.41) is 0. The van der Waals surface area contributed by atoms with Gasteiger partial charge in [0.25, 0.3) is 0 Å². The van der Waals surface area contributed by atoms with Crippen molar-refractivity contribution in [3.8, 4) is 0 Å². The molecule has 0 aromatic heterocycles. The van der Waals surface area contributed by atoms with Crippen molar-refractivity contribution >= 4 is 5.97 Å². The molecule has 0 saturated carbocycles. The molecule has 0 aliphatic rings. The van der Waals surface area contributed by atoms with Crippen molar-refractivity contribution in [1.29, 1.82) is 0 Å². The van der Waals surface area contributed by atoms with Gasteiger partial charge in [-0.25, -0.2) is 4.79 Å². The maximum absolute atomic E-state index is 11.7. The second-order valence-corrected chi connectivity index (χ2v) is 5.41. The molecule has 1 atom stereocenters. The smallest absolute Gasteiger partial charge is 0.334 e. The summed E-state index contributed by atoms with van der Waals surface area (Å²) in [7, 11) is 3.79. The quantitative estimate of drug-likeness (QED) is 0.258. The predicted octanol–water partition coefficient (Wildman–Crippen LogP) is 4.13. The topological polar surface area (TPSA) is 29.5 Å². The largest absolute Gasteiger partial charge is 0.443 e. The Morgan fingerprint density at radius 1 is 1.16 bits per heavy atom. The number of nitrogens with zero attached hydrogens (tertiary/aromatic N) is 1. The lowest BCUT2D eigenvalue weighted by Crippen LogP contribution is -2.30. The third kappa shape index (κ3) is 9.71. The van der Waals surface area contributed by atoms with Crippen LogP contribution in [0.4, 0.5) is 0 Å². The molecule has 0 radical (unpaired) electrons. The normalized spacial score (nSPS) is 13.7. The first-order valence-electron chi connectivity index (χ1n) is 7.53. The van der Waals surface area contributed by atoms with Crippen LogP contribution in [-0.2, 0) is 9.53 Å². The second kappa shape index (κ2) is 11.0. The Morgan fingerprint density at radius 3 is 2.32 bits per heavy atom. The molecule has 0 heterocycles. The highest BCUT2D eigenvalue weighted by atomic mass is 16.6. The highest BCUT2D eigenvalue weighted by molar-refractivity contribution is 5.87. The third-order valence-corrected chi connectivity index (χ3v) is 3.33. The Kier molecular flexibility index (Phi) is 10.6. The number of rotatable bonds is 10. The fourth-order valence-corrected chi connectivity index (χ4v) is 1.68. The predicted molar refractivity (Wildman–Crippen MR) is 81.0 cm³/mol. The monoisotopic (exact) mass is 269 g/mol. The van der Waals surface area contributed by atoms with E-state index in [2.05, 4.69) is 6.92 Å². The molecule has 3 heteroatoms. The summed E-state index contributed by atoms with van der Waals surface area (Å²) in [5.41, 5.74) is 0.724. The van der Waals surface area contributed by atoms with Gasteiger partial charge in [-0.3, -0.25) is 4.90 Å². The Bertz CT molecular complexity index is 272. The summed E-state index contributed by atoms with van der Waals surface area (Å²) in [6.07, 6.45) is 10.5. The third-order valence-electron chi connectivity index (χ3n) is 3.33. The van der Waals surface area contributed by atoms with Gasteiger partial charge in [0.05, 0.1) is 0 Å². The van der Waals surface area contributed by atoms with Crippen LogP contribution in [0, 0.1) is 0 Å². The summed E-state index contributed by atoms with van der Waals surface area (Å²) in [6, 6.07) is 0. The summed E-state index contributed by atoms with van der Waals surface area (Å²) >= 11 is 0. The molecule has 0 fully saturated rings. The van der Waals surface area contributed by atoms with Crippen LogP contribution in [0.3, 0.4) is 0 Å². The molecule has 0 aliphatic carbocycles. The van der Waals surface area contributed by atoms with Crippen molar-refractivity contribution in [2.24, 2.45) is 0 Å². The molecule has 0 aliphatic heterocycles. The van der Waals surface area contributed by atoms with Gasteiger partial charge in [0.2, 0.25) is 0 Å². The highest BCUT2D eigenvalue weighted by Gasteiger charge is 2.12. The standard InChI is InChI=1S/C16H31NO2/c1-6-7-8-9-10-11-12-13-14(2)16(18)19-15(3)17(4)5/h13,15H,6-12H2,1-5H3. The van der Waals surface area contributed by atoms with Crippen LogP contribution in [-0.4, -0.2) is 31.2 Å². The first-order chi connectivity index (χ1) is 8.99. The van der Waals surface area contributed by atoms with Gasteiger partial charge < -0.3 is 4.74 Å². The number of carbonyl (C=O) groups is 1. The molecule has 1 unspecified atom stereocenters. The van der Waals surface area contributed by atoms with Gasteiger partial charge in [-0.1, -0.05) is 45.1 Å². The van der Waals surface area contributed by atoms with Gasteiger partial charge in [0.15, 0.2) is 6.23 Å². The van der Waals surface area contributed by atoms with Crippen molar-refractivity contribution < 1.29 is 9.53 Å². The maximum Gasteiger partial charge on any atom is 0.334 e. The van der Waals surface area contributed by atoms with Crippen LogP contribution in [0.5, 0.6) is 0 Å². The number of hydrogen-bond acceptors (Lipinski definition) is 3. The van der Waals surface area contributed by atoms with Crippen LogP contribution in [0.15, 0.2) is 11.6 Å². The minimum absolute atomic E-state index is 0.176. The fraction of sp³-hybridized carbons (Fsp3) is 0.812. The zero-order valence-corrected chi connectivity index (χ0v) is 13.4. The summed E-state index contributed by atoms with van der Waals surface area (Å²) in [4.78, 5) is 13.6. The lowest BCUT2D eigenvalue weighted by atomic mass is 10.1. The van der Waals surface area contributed by atoms with Gasteiger partial charge in [-0.05, 0) is 40.8 Å². The van der Waals surface area contributed by atoms with Crippen molar-refractivity contribution in [3.05, 3.63) is 11.6 Å². The van der Waals surface area contributed by atoms with Gasteiger partial charge >= 0.3 is 5.97 Å². The molecular formula is C16H31NO2. The van der Waals surface area contributed by atoms with E-state index >= 15 is 0 Å². The number of unbranched alkanes of at least 4 members (excludes halogenated alkanes) is 6. The molecule has 0 rings (SSSR count). The SMILES string of the molecule is CCCCCCCCC=C(C)C(=O)OC(C)N(C)C. The van der Waals surface area contributed by atoms with Gasteiger partial charge in [0, 0.05) is 5.57 Å². The first-order valence-corrected chi connectivity index (χ1v) is 7.53. The summed E-state index contributed by atoms with van der Waals surface area (Å²) in [6.45, 7) is 5.94. The highest BCUT2D eigenvalue weighted by Crippen LogP contribution is 2.09. The molecule has 19 heavy (non-hydrogen) atoms. The van der Waals surface area contributed by atoms with Crippen LogP contribution in [0.1, 0.15) is 65.7 Å². The van der Waals surface area contributed by atoms with E-state index in [-0.39, 0.29) is 12.2 Å². The zero-order chi connectivity index (χ0) is 14.7. The Labute approximate surface area is 119 Å². The fourth-order valence-electron chi connectivity index (χ4n) is 1.68. The van der Waals surface area contributed by atoms with Gasteiger partial charge in [-0.15, -0.1) is 0 Å².